The summed E-state index contributed by atoms with van der Waals surface area (Å²) >= 11 is 0. The molecular weight excluding hydrogens is 252 g/mol. The van der Waals surface area contributed by atoms with Gasteiger partial charge in [-0.05, 0) is 44.4 Å². The van der Waals surface area contributed by atoms with Gasteiger partial charge in [-0.1, -0.05) is 24.3 Å². The lowest BCUT2D eigenvalue weighted by molar-refractivity contribution is -0.123. The highest BCUT2D eigenvalue weighted by atomic mass is 16.3. The van der Waals surface area contributed by atoms with Gasteiger partial charge in [0.2, 0.25) is 5.91 Å². The smallest absolute Gasteiger partial charge is 0.234 e. The normalized spacial score (nSPS) is 21.4. The molecule has 0 spiro atoms. The first-order chi connectivity index (χ1) is 9.56. The third-order valence-electron chi connectivity index (χ3n) is 3.88. The topological polar surface area (TPSA) is 52.6 Å². The first-order valence-electron chi connectivity index (χ1n) is 7.31. The van der Waals surface area contributed by atoms with E-state index in [1.54, 1.807) is 0 Å². The van der Waals surface area contributed by atoms with Gasteiger partial charge < -0.3 is 10.4 Å². The van der Waals surface area contributed by atoms with Crippen LogP contribution in [0, 0.1) is 6.92 Å². The molecule has 4 heteroatoms. The van der Waals surface area contributed by atoms with E-state index in [0.717, 1.165) is 24.9 Å². The molecule has 0 saturated carbocycles. The van der Waals surface area contributed by atoms with Crippen LogP contribution in [0.5, 0.6) is 0 Å². The summed E-state index contributed by atoms with van der Waals surface area (Å²) in [5.74, 6) is 0.0230. The highest BCUT2D eigenvalue weighted by molar-refractivity contribution is 5.78. The van der Waals surface area contributed by atoms with Crippen molar-refractivity contribution in [2.24, 2.45) is 0 Å². The zero-order chi connectivity index (χ0) is 14.5. The zero-order valence-corrected chi connectivity index (χ0v) is 12.3. The minimum Gasteiger partial charge on any atom is -0.392 e. The zero-order valence-electron chi connectivity index (χ0n) is 12.3. The first-order valence-corrected chi connectivity index (χ1v) is 7.31. The Hall–Kier alpha value is -1.39. The molecule has 2 unspecified atom stereocenters. The number of likely N-dealkylation sites (tertiary alicyclic amines) is 1. The second kappa shape index (κ2) is 6.86. The lowest BCUT2D eigenvalue weighted by atomic mass is 10.0. The van der Waals surface area contributed by atoms with Crippen molar-refractivity contribution in [1.82, 2.24) is 10.2 Å². The summed E-state index contributed by atoms with van der Waals surface area (Å²) in [6.45, 7) is 5.92. The molecular formula is C16H24N2O2. The number of carbonyl (C=O) groups is 1. The third kappa shape index (κ3) is 4.05. The second-order valence-electron chi connectivity index (χ2n) is 5.68. The molecule has 0 radical (unpaired) electrons. The Morgan fingerprint density at radius 3 is 2.95 bits per heavy atom. The van der Waals surface area contributed by atoms with E-state index in [0.29, 0.717) is 13.1 Å². The maximum atomic E-state index is 12.1. The molecule has 0 aliphatic carbocycles. The minimum atomic E-state index is -0.287. The van der Waals surface area contributed by atoms with Crippen molar-refractivity contribution >= 4 is 5.91 Å². The fourth-order valence-corrected chi connectivity index (χ4v) is 2.82. The molecule has 2 N–H and O–H groups in total. The van der Waals surface area contributed by atoms with Crippen LogP contribution >= 0.6 is 0 Å². The maximum absolute atomic E-state index is 12.1. The molecule has 1 aliphatic rings. The van der Waals surface area contributed by atoms with Crippen LogP contribution < -0.4 is 5.32 Å². The van der Waals surface area contributed by atoms with Gasteiger partial charge in [-0.3, -0.25) is 9.69 Å². The van der Waals surface area contributed by atoms with E-state index in [1.807, 2.05) is 30.0 Å². The molecule has 110 valence electrons. The monoisotopic (exact) mass is 276 g/mol. The molecule has 20 heavy (non-hydrogen) atoms. The Labute approximate surface area is 120 Å². The molecule has 2 atom stereocenters. The lowest BCUT2D eigenvalue weighted by Crippen LogP contribution is -2.44. The van der Waals surface area contributed by atoms with Gasteiger partial charge in [-0.25, -0.2) is 0 Å². The number of hydrogen-bond donors (Lipinski definition) is 2. The highest BCUT2D eigenvalue weighted by Gasteiger charge is 2.20. The van der Waals surface area contributed by atoms with Crippen molar-refractivity contribution in [3.05, 3.63) is 35.4 Å². The van der Waals surface area contributed by atoms with Crippen LogP contribution in [0.1, 0.15) is 36.9 Å². The number of benzene rings is 1. The predicted molar refractivity (Wildman–Crippen MR) is 79.4 cm³/mol. The first kappa shape index (κ1) is 15.0. The predicted octanol–water partition coefficient (Wildman–Crippen LogP) is 1.63. The number of piperidine rings is 1. The summed E-state index contributed by atoms with van der Waals surface area (Å²) in [7, 11) is 0. The van der Waals surface area contributed by atoms with Crippen LogP contribution in [0.15, 0.2) is 24.3 Å². The number of hydrogen-bond acceptors (Lipinski definition) is 3. The van der Waals surface area contributed by atoms with Crippen LogP contribution in [0.2, 0.25) is 0 Å². The molecule has 2 rings (SSSR count). The number of nitrogens with one attached hydrogen (secondary N) is 1. The average molecular weight is 276 g/mol. The Kier molecular flexibility index (Phi) is 5.15. The van der Waals surface area contributed by atoms with Gasteiger partial charge in [-0.2, -0.15) is 0 Å². The minimum absolute atomic E-state index is 0.0124. The number of nitrogens with zero attached hydrogens (tertiary/aromatic N) is 1. The fraction of sp³-hybridized carbons (Fsp3) is 0.562. The van der Waals surface area contributed by atoms with E-state index in [9.17, 15) is 9.90 Å². The summed E-state index contributed by atoms with van der Waals surface area (Å²) in [5.41, 5.74) is 2.34. The third-order valence-corrected chi connectivity index (χ3v) is 3.88. The molecule has 0 bridgehead atoms. The van der Waals surface area contributed by atoms with Crippen LogP contribution in [-0.4, -0.2) is 41.7 Å². The van der Waals surface area contributed by atoms with Crippen molar-refractivity contribution in [2.75, 3.05) is 19.6 Å². The molecule has 0 aromatic heterocycles. The van der Waals surface area contributed by atoms with Gasteiger partial charge in [0.1, 0.15) is 0 Å². The second-order valence-corrected chi connectivity index (χ2v) is 5.68. The van der Waals surface area contributed by atoms with Crippen molar-refractivity contribution in [2.45, 2.75) is 38.8 Å². The van der Waals surface area contributed by atoms with E-state index in [4.69, 9.17) is 0 Å². The standard InChI is InChI=1S/C16H24N2O2/c1-12-6-3-4-8-15(12)13(2)17-16(20)11-18-9-5-7-14(19)10-18/h3-4,6,8,13-14,19H,5,7,9-11H2,1-2H3,(H,17,20). The Morgan fingerprint density at radius 2 is 2.25 bits per heavy atom. The molecule has 1 aliphatic heterocycles. The van der Waals surface area contributed by atoms with Crippen molar-refractivity contribution in [3.8, 4) is 0 Å². The number of aliphatic hydroxyl groups excluding tert-OH is 1. The van der Waals surface area contributed by atoms with E-state index in [2.05, 4.69) is 18.3 Å². The summed E-state index contributed by atoms with van der Waals surface area (Å²) in [6.07, 6.45) is 1.52. The van der Waals surface area contributed by atoms with Crippen molar-refractivity contribution in [1.29, 1.82) is 0 Å². The Balaban J connectivity index is 1.86. The number of aryl methyl sites for hydroxylation is 1. The summed E-state index contributed by atoms with van der Waals surface area (Å²) in [5, 5.41) is 12.7. The quantitative estimate of drug-likeness (QED) is 0.879. The van der Waals surface area contributed by atoms with Gasteiger partial charge in [0, 0.05) is 6.54 Å². The molecule has 1 aromatic carbocycles. The van der Waals surface area contributed by atoms with Crippen LogP contribution in [0.3, 0.4) is 0 Å². The molecule has 1 fully saturated rings. The number of carbonyl (C=O) groups excluding carboxylic acids is 1. The van der Waals surface area contributed by atoms with Crippen LogP contribution in [-0.2, 0) is 4.79 Å². The SMILES string of the molecule is Cc1ccccc1C(C)NC(=O)CN1CCCC(O)C1. The molecule has 4 nitrogen and oxygen atoms in total. The van der Waals surface area contributed by atoms with Gasteiger partial charge >= 0.3 is 0 Å². The molecule has 1 amide bonds. The Morgan fingerprint density at radius 1 is 1.50 bits per heavy atom. The number of aliphatic hydroxyl groups is 1. The van der Waals surface area contributed by atoms with Gasteiger partial charge in [0.15, 0.2) is 0 Å². The molecule has 1 saturated heterocycles. The summed E-state index contributed by atoms with van der Waals surface area (Å²) < 4.78 is 0. The highest BCUT2D eigenvalue weighted by Crippen LogP contribution is 2.16. The molecule has 1 aromatic rings. The largest absolute Gasteiger partial charge is 0.392 e. The summed E-state index contributed by atoms with van der Waals surface area (Å²) in [6, 6.07) is 8.11. The van der Waals surface area contributed by atoms with E-state index in [-0.39, 0.29) is 18.1 Å². The van der Waals surface area contributed by atoms with Gasteiger partial charge in [0.25, 0.3) is 0 Å². The number of amides is 1. The maximum Gasteiger partial charge on any atom is 0.234 e. The van der Waals surface area contributed by atoms with Crippen LogP contribution in [0.4, 0.5) is 0 Å². The van der Waals surface area contributed by atoms with Crippen molar-refractivity contribution < 1.29 is 9.90 Å². The van der Waals surface area contributed by atoms with E-state index < -0.39 is 0 Å². The number of rotatable bonds is 4. The molecule has 1 heterocycles. The van der Waals surface area contributed by atoms with Crippen LogP contribution in [0.25, 0.3) is 0 Å². The summed E-state index contributed by atoms with van der Waals surface area (Å²) in [4.78, 5) is 14.1. The van der Waals surface area contributed by atoms with E-state index in [1.165, 1.54) is 5.56 Å². The lowest BCUT2D eigenvalue weighted by Gasteiger charge is -2.29. The van der Waals surface area contributed by atoms with E-state index >= 15 is 0 Å². The van der Waals surface area contributed by atoms with Crippen molar-refractivity contribution in [3.63, 3.8) is 0 Å². The number of β-amino-alcohol motifs (C(OH)–C–C–N with tert-alkyl or cyclic N) is 1. The Bertz CT molecular complexity index is 462. The van der Waals surface area contributed by atoms with Gasteiger partial charge in [0.05, 0.1) is 18.7 Å². The fourth-order valence-electron chi connectivity index (χ4n) is 2.82. The average Bonchev–Trinajstić information content (AvgIpc) is 2.38. The van der Waals surface area contributed by atoms with Gasteiger partial charge in [-0.15, -0.1) is 0 Å².